The minimum atomic E-state index is -0.254. The second-order valence-corrected chi connectivity index (χ2v) is 7.80. The fraction of sp³-hybridized carbons (Fsp3) is 0.192. The summed E-state index contributed by atoms with van der Waals surface area (Å²) in [5, 5.41) is 7.77. The topological polar surface area (TPSA) is 56.9 Å². The Morgan fingerprint density at radius 3 is 2.40 bits per heavy atom. The summed E-state index contributed by atoms with van der Waals surface area (Å²) in [4.78, 5) is 16.3. The molecule has 1 amide bonds. The van der Waals surface area contributed by atoms with Crippen LogP contribution in [0.1, 0.15) is 29.8 Å². The maximum Gasteiger partial charge on any atom is 0.237 e. The van der Waals surface area contributed by atoms with Crippen molar-refractivity contribution in [1.29, 1.82) is 0 Å². The largest absolute Gasteiger partial charge is 0.357 e. The van der Waals surface area contributed by atoms with E-state index < -0.39 is 0 Å². The van der Waals surface area contributed by atoms with E-state index in [0.717, 1.165) is 16.8 Å². The highest BCUT2D eigenvalue weighted by molar-refractivity contribution is 5.88. The molecule has 4 heteroatoms. The fourth-order valence-electron chi connectivity index (χ4n) is 4.46. The van der Waals surface area contributed by atoms with Crippen LogP contribution >= 0.6 is 0 Å². The van der Waals surface area contributed by atoms with Crippen molar-refractivity contribution in [3.05, 3.63) is 95.7 Å². The number of carbonyl (C=O) groups excluding carboxylic acids is 1. The zero-order chi connectivity index (χ0) is 20.5. The van der Waals surface area contributed by atoms with E-state index in [2.05, 4.69) is 82.3 Å². The van der Waals surface area contributed by atoms with E-state index in [9.17, 15) is 4.79 Å². The molecule has 0 radical (unpaired) electrons. The molecule has 4 aromatic rings. The van der Waals surface area contributed by atoms with Gasteiger partial charge in [-0.2, -0.15) is 0 Å². The van der Waals surface area contributed by atoms with Crippen LogP contribution in [-0.2, 0) is 11.2 Å². The van der Waals surface area contributed by atoms with Gasteiger partial charge in [0.25, 0.3) is 0 Å². The molecule has 2 heterocycles. The third kappa shape index (κ3) is 3.29. The van der Waals surface area contributed by atoms with Crippen LogP contribution in [0.5, 0.6) is 0 Å². The maximum atomic E-state index is 12.7. The Morgan fingerprint density at radius 1 is 0.933 bits per heavy atom. The number of rotatable bonds is 4. The van der Waals surface area contributed by atoms with Crippen molar-refractivity contribution in [3.8, 4) is 11.1 Å². The lowest BCUT2D eigenvalue weighted by Gasteiger charge is -2.31. The third-order valence-electron chi connectivity index (χ3n) is 5.93. The number of hydrogen-bond acceptors (Lipinski definition) is 2. The lowest BCUT2D eigenvalue weighted by atomic mass is 9.89. The number of likely N-dealkylation sites (N-methyl/N-ethyl adjacent to an activating group) is 1. The van der Waals surface area contributed by atoms with Crippen LogP contribution in [0.4, 0.5) is 0 Å². The van der Waals surface area contributed by atoms with Crippen molar-refractivity contribution < 1.29 is 4.79 Å². The van der Waals surface area contributed by atoms with Crippen molar-refractivity contribution in [2.75, 3.05) is 6.54 Å². The van der Waals surface area contributed by atoms with Gasteiger partial charge in [0, 0.05) is 23.1 Å². The van der Waals surface area contributed by atoms with Crippen LogP contribution < -0.4 is 10.6 Å². The molecule has 1 unspecified atom stereocenters. The Balaban J connectivity index is 1.56. The molecule has 4 nitrogen and oxygen atoms in total. The molecule has 1 aliphatic rings. The van der Waals surface area contributed by atoms with E-state index in [1.807, 2.05) is 19.1 Å². The van der Waals surface area contributed by atoms with E-state index in [-0.39, 0.29) is 18.0 Å². The second-order valence-electron chi connectivity index (χ2n) is 7.80. The number of nitrogens with one attached hydrogen (secondary N) is 3. The lowest BCUT2D eigenvalue weighted by Crippen LogP contribution is -2.49. The summed E-state index contributed by atoms with van der Waals surface area (Å²) in [7, 11) is 0. The van der Waals surface area contributed by atoms with Gasteiger partial charge in [-0.25, -0.2) is 0 Å². The molecule has 1 aromatic heterocycles. The van der Waals surface area contributed by atoms with Gasteiger partial charge in [-0.1, -0.05) is 72.8 Å². The molecule has 150 valence electrons. The molecule has 0 aliphatic carbocycles. The van der Waals surface area contributed by atoms with E-state index >= 15 is 0 Å². The molecule has 0 saturated heterocycles. The average molecular weight is 396 g/mol. The normalized spacial score (nSPS) is 18.2. The summed E-state index contributed by atoms with van der Waals surface area (Å²) in [6.07, 6.45) is 0.684. The summed E-state index contributed by atoms with van der Waals surface area (Å²) in [5.74, 6) is 0.0549. The Labute approximate surface area is 176 Å². The van der Waals surface area contributed by atoms with Gasteiger partial charge in [-0.05, 0) is 41.7 Å². The van der Waals surface area contributed by atoms with Crippen LogP contribution in [0.15, 0.2) is 78.9 Å². The first-order valence-corrected chi connectivity index (χ1v) is 10.5. The second kappa shape index (κ2) is 7.81. The van der Waals surface area contributed by atoms with Crippen LogP contribution in [0, 0.1) is 0 Å². The molecular formula is C26H25N3O. The number of aromatic amines is 1. The standard InChI is InChI=1S/C26H25N3O/c1-2-27-26(30)23-16-21-20-10-6-7-11-22(20)28-25(21)24(29-23)19-14-12-18(13-15-19)17-8-4-3-5-9-17/h3-15,23-24,28-29H,2,16H2,1H3,(H,27,30)/t23-,24?/m0/s1. The SMILES string of the molecule is CCNC(=O)[C@@H]1Cc2c([nH]c3ccccc23)C(c2ccc(-c3ccccc3)cc2)N1. The summed E-state index contributed by atoms with van der Waals surface area (Å²) in [6.45, 7) is 2.59. The summed E-state index contributed by atoms with van der Waals surface area (Å²) in [5.41, 5.74) is 7.05. The van der Waals surface area contributed by atoms with E-state index in [1.54, 1.807) is 0 Å². The van der Waals surface area contributed by atoms with Gasteiger partial charge < -0.3 is 10.3 Å². The number of para-hydroxylation sites is 1. The molecule has 2 atom stereocenters. The highest BCUT2D eigenvalue weighted by Gasteiger charge is 2.33. The van der Waals surface area contributed by atoms with Gasteiger partial charge >= 0.3 is 0 Å². The van der Waals surface area contributed by atoms with E-state index in [0.29, 0.717) is 13.0 Å². The number of carbonyl (C=O) groups is 1. The first-order chi connectivity index (χ1) is 14.7. The molecule has 30 heavy (non-hydrogen) atoms. The van der Waals surface area contributed by atoms with Crippen LogP contribution in [0.25, 0.3) is 22.0 Å². The van der Waals surface area contributed by atoms with Gasteiger partial charge in [-0.3, -0.25) is 10.1 Å². The highest BCUT2D eigenvalue weighted by atomic mass is 16.2. The minimum absolute atomic E-state index is 0.0549. The third-order valence-corrected chi connectivity index (χ3v) is 5.93. The van der Waals surface area contributed by atoms with Gasteiger partial charge in [0.05, 0.1) is 12.1 Å². The maximum absolute atomic E-state index is 12.7. The van der Waals surface area contributed by atoms with Gasteiger partial charge in [0.2, 0.25) is 5.91 Å². The molecule has 3 aromatic carbocycles. The highest BCUT2D eigenvalue weighted by Crippen LogP contribution is 2.35. The van der Waals surface area contributed by atoms with Gasteiger partial charge in [0.15, 0.2) is 0 Å². The molecule has 0 bridgehead atoms. The number of fused-ring (bicyclic) bond motifs is 3. The molecule has 0 fully saturated rings. The van der Waals surface area contributed by atoms with Crippen molar-refractivity contribution in [3.63, 3.8) is 0 Å². The molecule has 1 aliphatic heterocycles. The van der Waals surface area contributed by atoms with Crippen molar-refractivity contribution in [2.24, 2.45) is 0 Å². The zero-order valence-corrected chi connectivity index (χ0v) is 17.0. The average Bonchev–Trinajstić information content (AvgIpc) is 3.18. The van der Waals surface area contributed by atoms with Crippen molar-refractivity contribution >= 4 is 16.8 Å². The van der Waals surface area contributed by atoms with Crippen LogP contribution in [0.3, 0.4) is 0 Å². The van der Waals surface area contributed by atoms with Crippen molar-refractivity contribution in [2.45, 2.75) is 25.4 Å². The monoisotopic (exact) mass is 395 g/mol. The summed E-state index contributed by atoms with van der Waals surface area (Å²) >= 11 is 0. The summed E-state index contributed by atoms with van der Waals surface area (Å²) in [6, 6.07) is 27.1. The number of H-pyrrole nitrogens is 1. The lowest BCUT2D eigenvalue weighted by molar-refractivity contribution is -0.123. The van der Waals surface area contributed by atoms with Gasteiger partial charge in [0.1, 0.15) is 0 Å². The zero-order valence-electron chi connectivity index (χ0n) is 17.0. The number of aromatic nitrogens is 1. The first-order valence-electron chi connectivity index (χ1n) is 10.5. The van der Waals surface area contributed by atoms with Gasteiger partial charge in [-0.15, -0.1) is 0 Å². The molecular weight excluding hydrogens is 370 g/mol. The first kappa shape index (κ1) is 18.6. The number of benzene rings is 3. The fourth-order valence-corrected chi connectivity index (χ4v) is 4.46. The molecule has 0 saturated carbocycles. The quantitative estimate of drug-likeness (QED) is 0.474. The predicted octanol–water partition coefficient (Wildman–Crippen LogP) is 4.57. The van der Waals surface area contributed by atoms with Crippen LogP contribution in [-0.4, -0.2) is 23.5 Å². The molecule has 5 rings (SSSR count). The minimum Gasteiger partial charge on any atom is -0.357 e. The van der Waals surface area contributed by atoms with Crippen molar-refractivity contribution in [1.82, 2.24) is 15.6 Å². The Hall–Kier alpha value is -3.37. The Kier molecular flexibility index (Phi) is 4.85. The Morgan fingerprint density at radius 2 is 1.63 bits per heavy atom. The Bertz CT molecular complexity index is 1180. The van der Waals surface area contributed by atoms with E-state index in [1.165, 1.54) is 22.1 Å². The molecule has 3 N–H and O–H groups in total. The smallest absolute Gasteiger partial charge is 0.237 e. The number of hydrogen-bond donors (Lipinski definition) is 3. The molecule has 0 spiro atoms. The number of amides is 1. The predicted molar refractivity (Wildman–Crippen MR) is 121 cm³/mol. The van der Waals surface area contributed by atoms with E-state index in [4.69, 9.17) is 0 Å². The summed E-state index contributed by atoms with van der Waals surface area (Å²) < 4.78 is 0. The van der Waals surface area contributed by atoms with Crippen LogP contribution in [0.2, 0.25) is 0 Å².